The number of methoxy groups -OCH3 is 1. The molecule has 0 heterocycles. The third-order valence-electron chi connectivity index (χ3n) is 3.26. The van der Waals surface area contributed by atoms with Crippen LogP contribution < -0.4 is 5.32 Å². The fraction of sp³-hybridized carbons (Fsp3) is 0.500. The molecule has 1 aromatic carbocycles. The Morgan fingerprint density at radius 1 is 1.47 bits per heavy atom. The molecule has 1 aromatic rings. The van der Waals surface area contributed by atoms with Gasteiger partial charge in [0.15, 0.2) is 0 Å². The normalized spacial score (nSPS) is 16.4. The number of ether oxygens (including phenoxy) is 1. The number of aryl methyl sites for hydroxylation is 1. The lowest BCUT2D eigenvalue weighted by Gasteiger charge is -2.19. The maximum atomic E-state index is 11.7. The summed E-state index contributed by atoms with van der Waals surface area (Å²) in [4.78, 5) is 11.7. The van der Waals surface area contributed by atoms with Crippen LogP contribution in [0, 0.1) is 5.92 Å². The van der Waals surface area contributed by atoms with Gasteiger partial charge in [0, 0.05) is 5.69 Å². The van der Waals surface area contributed by atoms with Crippen molar-refractivity contribution in [1.29, 1.82) is 0 Å². The second-order valence-corrected chi connectivity index (χ2v) is 4.49. The first-order valence-corrected chi connectivity index (χ1v) is 6.18. The first-order valence-electron chi connectivity index (χ1n) is 6.18. The van der Waals surface area contributed by atoms with E-state index < -0.39 is 0 Å². The molecule has 3 nitrogen and oxygen atoms in total. The maximum Gasteiger partial charge on any atom is 0.328 e. The fourth-order valence-electron chi connectivity index (χ4n) is 2.06. The van der Waals surface area contributed by atoms with Gasteiger partial charge in [-0.3, -0.25) is 0 Å². The maximum absolute atomic E-state index is 11.7. The van der Waals surface area contributed by atoms with Gasteiger partial charge in [-0.15, -0.1) is 0 Å². The summed E-state index contributed by atoms with van der Waals surface area (Å²) in [5.74, 6) is 0.283. The molecule has 1 N–H and O–H groups in total. The standard InChI is InChI=1S/C14H19NO2/c1-3-10-6-4-5-7-12(10)15-13(11-8-9-11)14(16)17-2/h4-7,11,13,15H,3,8-9H2,1-2H3. The Bertz CT molecular complexity index is 399. The highest BCUT2D eigenvalue weighted by molar-refractivity contribution is 5.80. The Morgan fingerprint density at radius 2 is 2.18 bits per heavy atom. The SMILES string of the molecule is CCc1ccccc1NC(C(=O)OC)C1CC1. The lowest BCUT2D eigenvalue weighted by molar-refractivity contribution is -0.142. The van der Waals surface area contributed by atoms with Crippen molar-refractivity contribution in [3.63, 3.8) is 0 Å². The molecule has 0 bridgehead atoms. The highest BCUT2D eigenvalue weighted by Gasteiger charge is 2.37. The van der Waals surface area contributed by atoms with Gasteiger partial charge in [-0.2, -0.15) is 0 Å². The molecule has 92 valence electrons. The van der Waals surface area contributed by atoms with E-state index >= 15 is 0 Å². The van der Waals surface area contributed by atoms with Crippen LogP contribution in [0.25, 0.3) is 0 Å². The molecule has 0 spiro atoms. The van der Waals surface area contributed by atoms with Crippen LogP contribution in [0.3, 0.4) is 0 Å². The zero-order valence-electron chi connectivity index (χ0n) is 10.4. The second kappa shape index (κ2) is 5.21. The molecule has 2 rings (SSSR count). The van der Waals surface area contributed by atoms with Crippen LogP contribution in [0.1, 0.15) is 25.3 Å². The Balaban J connectivity index is 2.14. The Morgan fingerprint density at radius 3 is 2.76 bits per heavy atom. The van der Waals surface area contributed by atoms with Gasteiger partial charge in [0.1, 0.15) is 6.04 Å². The van der Waals surface area contributed by atoms with Crippen molar-refractivity contribution in [3.05, 3.63) is 29.8 Å². The number of hydrogen-bond acceptors (Lipinski definition) is 3. The largest absolute Gasteiger partial charge is 0.467 e. The lowest BCUT2D eigenvalue weighted by atomic mass is 10.1. The molecular weight excluding hydrogens is 214 g/mol. The summed E-state index contributed by atoms with van der Waals surface area (Å²) in [6.45, 7) is 2.12. The van der Waals surface area contributed by atoms with Gasteiger partial charge in [-0.25, -0.2) is 4.79 Å². The van der Waals surface area contributed by atoms with Crippen molar-refractivity contribution in [3.8, 4) is 0 Å². The van der Waals surface area contributed by atoms with E-state index in [2.05, 4.69) is 18.3 Å². The smallest absolute Gasteiger partial charge is 0.328 e. The molecule has 0 saturated heterocycles. The van der Waals surface area contributed by atoms with E-state index in [0.717, 1.165) is 24.9 Å². The van der Waals surface area contributed by atoms with Gasteiger partial charge < -0.3 is 10.1 Å². The van der Waals surface area contributed by atoms with Crippen LogP contribution in [0.15, 0.2) is 24.3 Å². The first kappa shape index (κ1) is 12.0. The van der Waals surface area contributed by atoms with Gasteiger partial charge in [-0.1, -0.05) is 25.1 Å². The zero-order valence-corrected chi connectivity index (χ0v) is 10.4. The van der Waals surface area contributed by atoms with Crippen LogP contribution in [-0.2, 0) is 16.0 Å². The molecule has 17 heavy (non-hydrogen) atoms. The van der Waals surface area contributed by atoms with Gasteiger partial charge in [0.25, 0.3) is 0 Å². The van der Waals surface area contributed by atoms with E-state index in [-0.39, 0.29) is 12.0 Å². The number of anilines is 1. The molecule has 1 unspecified atom stereocenters. The number of esters is 1. The molecular formula is C14H19NO2. The Labute approximate surface area is 102 Å². The predicted molar refractivity (Wildman–Crippen MR) is 68.0 cm³/mol. The Hall–Kier alpha value is -1.51. The number of rotatable bonds is 5. The molecule has 0 amide bonds. The van der Waals surface area contributed by atoms with Crippen LogP contribution in [0.5, 0.6) is 0 Å². The lowest BCUT2D eigenvalue weighted by Crippen LogP contribution is -2.33. The van der Waals surface area contributed by atoms with Crippen LogP contribution in [-0.4, -0.2) is 19.1 Å². The van der Waals surface area contributed by atoms with E-state index in [4.69, 9.17) is 4.74 Å². The summed E-state index contributed by atoms with van der Waals surface area (Å²) >= 11 is 0. The minimum Gasteiger partial charge on any atom is -0.467 e. The number of para-hydroxylation sites is 1. The van der Waals surface area contributed by atoms with E-state index in [1.807, 2.05) is 18.2 Å². The van der Waals surface area contributed by atoms with Crippen molar-refractivity contribution in [2.75, 3.05) is 12.4 Å². The third-order valence-corrected chi connectivity index (χ3v) is 3.26. The van der Waals surface area contributed by atoms with Gasteiger partial charge in [0.2, 0.25) is 0 Å². The molecule has 1 atom stereocenters. The van der Waals surface area contributed by atoms with Crippen molar-refractivity contribution in [2.45, 2.75) is 32.2 Å². The summed E-state index contributed by atoms with van der Waals surface area (Å²) in [6.07, 6.45) is 3.18. The van der Waals surface area contributed by atoms with E-state index in [0.29, 0.717) is 5.92 Å². The molecule has 1 fully saturated rings. The minimum absolute atomic E-state index is 0.154. The zero-order chi connectivity index (χ0) is 12.3. The molecule has 1 aliphatic rings. The summed E-state index contributed by atoms with van der Waals surface area (Å²) < 4.78 is 4.86. The van der Waals surface area contributed by atoms with E-state index in [9.17, 15) is 4.79 Å². The van der Waals surface area contributed by atoms with Crippen molar-refractivity contribution >= 4 is 11.7 Å². The summed E-state index contributed by atoms with van der Waals surface area (Å²) in [6, 6.07) is 7.94. The average Bonchev–Trinajstić information content (AvgIpc) is 3.19. The summed E-state index contributed by atoms with van der Waals surface area (Å²) in [5, 5.41) is 3.34. The van der Waals surface area contributed by atoms with Gasteiger partial charge in [-0.05, 0) is 36.8 Å². The first-order chi connectivity index (χ1) is 8.26. The number of benzene rings is 1. The number of carbonyl (C=O) groups is 1. The van der Waals surface area contributed by atoms with Crippen molar-refractivity contribution in [1.82, 2.24) is 0 Å². The molecule has 1 aliphatic carbocycles. The molecule has 0 aliphatic heterocycles. The van der Waals surface area contributed by atoms with Gasteiger partial charge >= 0.3 is 5.97 Å². The number of nitrogens with one attached hydrogen (secondary N) is 1. The van der Waals surface area contributed by atoms with Crippen molar-refractivity contribution < 1.29 is 9.53 Å². The summed E-state index contributed by atoms with van der Waals surface area (Å²) in [5.41, 5.74) is 2.29. The fourth-order valence-corrected chi connectivity index (χ4v) is 2.06. The highest BCUT2D eigenvalue weighted by Crippen LogP contribution is 2.35. The molecule has 3 heteroatoms. The summed E-state index contributed by atoms with van der Waals surface area (Å²) in [7, 11) is 1.45. The monoisotopic (exact) mass is 233 g/mol. The third kappa shape index (κ3) is 2.78. The highest BCUT2D eigenvalue weighted by atomic mass is 16.5. The number of carbonyl (C=O) groups excluding carboxylic acids is 1. The van der Waals surface area contributed by atoms with Crippen LogP contribution >= 0.6 is 0 Å². The molecule has 1 saturated carbocycles. The van der Waals surface area contributed by atoms with Gasteiger partial charge in [0.05, 0.1) is 7.11 Å². The Kier molecular flexibility index (Phi) is 3.67. The topological polar surface area (TPSA) is 38.3 Å². The molecule has 0 radical (unpaired) electrons. The minimum atomic E-state index is -0.187. The quantitative estimate of drug-likeness (QED) is 0.794. The molecule has 0 aromatic heterocycles. The van der Waals surface area contributed by atoms with Crippen LogP contribution in [0.4, 0.5) is 5.69 Å². The van der Waals surface area contributed by atoms with Crippen LogP contribution in [0.2, 0.25) is 0 Å². The number of hydrogen-bond donors (Lipinski definition) is 1. The second-order valence-electron chi connectivity index (χ2n) is 4.49. The van der Waals surface area contributed by atoms with Crippen molar-refractivity contribution in [2.24, 2.45) is 5.92 Å². The van der Waals surface area contributed by atoms with E-state index in [1.165, 1.54) is 12.7 Å². The average molecular weight is 233 g/mol. The predicted octanol–water partition coefficient (Wildman–Crippen LogP) is 2.61. The van der Waals surface area contributed by atoms with E-state index in [1.54, 1.807) is 0 Å².